The first-order valence-electron chi connectivity index (χ1n) is 8.65. The van der Waals surface area contributed by atoms with Gasteiger partial charge in [0, 0.05) is 10.6 Å². The molecule has 0 spiro atoms. The van der Waals surface area contributed by atoms with Crippen molar-refractivity contribution in [1.82, 2.24) is 0 Å². The average molecular weight is 432 g/mol. The number of rotatable bonds is 5. The summed E-state index contributed by atoms with van der Waals surface area (Å²) in [6, 6.07) is 11.7. The van der Waals surface area contributed by atoms with Crippen LogP contribution in [0.15, 0.2) is 63.7 Å². The second kappa shape index (κ2) is 9.07. The molecule has 0 fully saturated rings. The van der Waals surface area contributed by atoms with Crippen molar-refractivity contribution in [3.63, 3.8) is 0 Å². The molecule has 2 aromatic carbocycles. The van der Waals surface area contributed by atoms with Gasteiger partial charge in [-0.15, -0.1) is 0 Å². The van der Waals surface area contributed by atoms with Gasteiger partial charge in [-0.05, 0) is 43.3 Å². The van der Waals surface area contributed by atoms with Gasteiger partial charge in [-0.1, -0.05) is 35.5 Å². The standard InChI is InChI=1S/C21H18ClNO5S/c1-3-28-21(26)17-19(25)16(11-12-5-4-6-15(27-2)18(12)24)29-20(17)23-14-9-7-13(22)8-10-14/h4-11,24-25H,3H2,1-2H3. The summed E-state index contributed by atoms with van der Waals surface area (Å²) < 4.78 is 10.2. The number of carbonyl (C=O) groups excluding carboxylic acids is 1. The highest BCUT2D eigenvalue weighted by molar-refractivity contribution is 8.18. The molecule has 1 aliphatic rings. The molecule has 0 aliphatic carbocycles. The Balaban J connectivity index is 2.06. The van der Waals surface area contributed by atoms with E-state index in [-0.39, 0.29) is 28.7 Å². The minimum atomic E-state index is -0.677. The van der Waals surface area contributed by atoms with Gasteiger partial charge in [0.2, 0.25) is 0 Å². The lowest BCUT2D eigenvalue weighted by atomic mass is 10.1. The topological polar surface area (TPSA) is 88.4 Å². The Kier molecular flexibility index (Phi) is 6.51. The van der Waals surface area contributed by atoms with Crippen molar-refractivity contribution < 1.29 is 24.5 Å². The second-order valence-electron chi connectivity index (χ2n) is 5.85. The Morgan fingerprint density at radius 1 is 1.21 bits per heavy atom. The number of aliphatic imine (C=N–C) groups is 1. The first kappa shape index (κ1) is 20.8. The van der Waals surface area contributed by atoms with E-state index in [0.717, 1.165) is 11.8 Å². The summed E-state index contributed by atoms with van der Waals surface area (Å²) in [6.45, 7) is 1.84. The molecule has 2 N–H and O–H groups in total. The Hall–Kier alpha value is -2.90. The number of benzene rings is 2. The molecule has 6 nitrogen and oxygen atoms in total. The lowest BCUT2D eigenvalue weighted by Crippen LogP contribution is -2.12. The fourth-order valence-corrected chi connectivity index (χ4v) is 3.74. The van der Waals surface area contributed by atoms with Gasteiger partial charge < -0.3 is 19.7 Å². The molecule has 150 valence electrons. The zero-order chi connectivity index (χ0) is 21.0. The second-order valence-corrected chi connectivity index (χ2v) is 7.31. The minimum absolute atomic E-state index is 0.0274. The summed E-state index contributed by atoms with van der Waals surface area (Å²) in [6.07, 6.45) is 1.56. The quantitative estimate of drug-likeness (QED) is 0.629. The van der Waals surface area contributed by atoms with Crippen molar-refractivity contribution >= 4 is 46.1 Å². The van der Waals surface area contributed by atoms with Crippen molar-refractivity contribution in [2.24, 2.45) is 4.99 Å². The predicted octanol–water partition coefficient (Wildman–Crippen LogP) is 5.25. The van der Waals surface area contributed by atoms with Gasteiger partial charge in [-0.2, -0.15) is 0 Å². The minimum Gasteiger partial charge on any atom is -0.506 e. The molecule has 0 unspecified atom stereocenters. The Labute approximate surface area is 177 Å². The van der Waals surface area contributed by atoms with Crippen LogP contribution in [0.3, 0.4) is 0 Å². The van der Waals surface area contributed by atoms with Crippen molar-refractivity contribution in [1.29, 1.82) is 0 Å². The first-order valence-corrected chi connectivity index (χ1v) is 9.85. The van der Waals surface area contributed by atoms with Gasteiger partial charge in [0.25, 0.3) is 0 Å². The number of para-hydroxylation sites is 1. The molecule has 1 heterocycles. The van der Waals surface area contributed by atoms with Crippen LogP contribution in [-0.2, 0) is 9.53 Å². The summed E-state index contributed by atoms with van der Waals surface area (Å²) in [7, 11) is 1.45. The number of methoxy groups -OCH3 is 1. The van der Waals surface area contributed by atoms with Gasteiger partial charge in [-0.3, -0.25) is 0 Å². The first-order chi connectivity index (χ1) is 13.9. The van der Waals surface area contributed by atoms with Gasteiger partial charge in [0.05, 0.1) is 24.3 Å². The van der Waals surface area contributed by atoms with Crippen LogP contribution in [0, 0.1) is 0 Å². The molecule has 3 rings (SSSR count). The number of ether oxygens (including phenoxy) is 2. The number of esters is 1. The SMILES string of the molecule is CCOC(=O)C1=C(O)C(=Cc2cccc(OC)c2O)SC1=Nc1ccc(Cl)cc1. The van der Waals surface area contributed by atoms with Gasteiger partial charge in [0.1, 0.15) is 16.4 Å². The average Bonchev–Trinajstić information content (AvgIpc) is 3.00. The summed E-state index contributed by atoms with van der Waals surface area (Å²) in [5.74, 6) is -0.713. The summed E-state index contributed by atoms with van der Waals surface area (Å²) >= 11 is 7.00. The molecule has 0 atom stereocenters. The van der Waals surface area contributed by atoms with Crippen molar-refractivity contribution in [2.45, 2.75) is 6.92 Å². The molecule has 0 aromatic heterocycles. The third-order valence-electron chi connectivity index (χ3n) is 3.96. The van der Waals surface area contributed by atoms with Crippen LogP contribution in [0.1, 0.15) is 12.5 Å². The molecule has 0 amide bonds. The van der Waals surface area contributed by atoms with E-state index in [1.165, 1.54) is 7.11 Å². The molecule has 1 aliphatic heterocycles. The van der Waals surface area contributed by atoms with Gasteiger partial charge >= 0.3 is 5.97 Å². The number of thioether (sulfide) groups is 1. The largest absolute Gasteiger partial charge is 0.506 e. The summed E-state index contributed by atoms with van der Waals surface area (Å²) in [4.78, 5) is 17.2. The highest BCUT2D eigenvalue weighted by atomic mass is 35.5. The van der Waals surface area contributed by atoms with Crippen LogP contribution < -0.4 is 4.74 Å². The maximum absolute atomic E-state index is 12.4. The molecule has 0 saturated carbocycles. The third kappa shape index (κ3) is 4.58. The Morgan fingerprint density at radius 3 is 2.59 bits per heavy atom. The molecule has 0 bridgehead atoms. The maximum Gasteiger partial charge on any atom is 0.344 e. The molecular weight excluding hydrogens is 414 g/mol. The smallest absolute Gasteiger partial charge is 0.344 e. The molecule has 0 radical (unpaired) electrons. The third-order valence-corrected chi connectivity index (χ3v) is 5.24. The number of carbonyl (C=O) groups is 1. The van der Waals surface area contributed by atoms with E-state index >= 15 is 0 Å². The number of aliphatic hydroxyl groups excluding tert-OH is 1. The van der Waals surface area contributed by atoms with Crippen molar-refractivity contribution in [2.75, 3.05) is 13.7 Å². The monoisotopic (exact) mass is 431 g/mol. The molecule has 8 heteroatoms. The number of nitrogens with zero attached hydrogens (tertiary/aromatic N) is 1. The number of halogens is 1. The predicted molar refractivity (Wildman–Crippen MR) is 115 cm³/mol. The van der Waals surface area contributed by atoms with Crippen LogP contribution in [-0.4, -0.2) is 34.9 Å². The molecule has 29 heavy (non-hydrogen) atoms. The van der Waals surface area contributed by atoms with Gasteiger partial charge in [-0.25, -0.2) is 9.79 Å². The highest BCUT2D eigenvalue weighted by Gasteiger charge is 2.33. The van der Waals surface area contributed by atoms with Crippen molar-refractivity contribution in [3.05, 3.63) is 69.3 Å². The molecular formula is C21H18ClNO5S. The number of aromatic hydroxyl groups is 1. The van der Waals surface area contributed by atoms with E-state index in [0.29, 0.717) is 26.9 Å². The van der Waals surface area contributed by atoms with Crippen LogP contribution in [0.4, 0.5) is 5.69 Å². The summed E-state index contributed by atoms with van der Waals surface area (Å²) in [5.41, 5.74) is 0.965. The van der Waals surface area contributed by atoms with E-state index in [9.17, 15) is 15.0 Å². The van der Waals surface area contributed by atoms with E-state index < -0.39 is 5.97 Å². The number of aliphatic hydroxyl groups is 1. The highest BCUT2D eigenvalue weighted by Crippen LogP contribution is 2.42. The fourth-order valence-electron chi connectivity index (χ4n) is 2.59. The number of hydrogen-bond acceptors (Lipinski definition) is 7. The van der Waals surface area contributed by atoms with E-state index in [1.54, 1.807) is 55.5 Å². The number of phenolic OH excluding ortho intramolecular Hbond substituents is 1. The van der Waals surface area contributed by atoms with Crippen LogP contribution in [0.25, 0.3) is 6.08 Å². The fraction of sp³-hybridized carbons (Fsp3) is 0.143. The van der Waals surface area contributed by atoms with Gasteiger partial charge in [0.15, 0.2) is 11.5 Å². The summed E-state index contributed by atoms with van der Waals surface area (Å²) in [5, 5.41) is 21.9. The Bertz CT molecular complexity index is 1030. The van der Waals surface area contributed by atoms with Crippen molar-refractivity contribution in [3.8, 4) is 11.5 Å². The lowest BCUT2D eigenvalue weighted by Gasteiger charge is -2.06. The lowest BCUT2D eigenvalue weighted by molar-refractivity contribution is -0.138. The Morgan fingerprint density at radius 2 is 1.93 bits per heavy atom. The molecule has 0 saturated heterocycles. The zero-order valence-electron chi connectivity index (χ0n) is 15.7. The number of hydrogen-bond donors (Lipinski definition) is 2. The van der Waals surface area contributed by atoms with Crippen LogP contribution >= 0.6 is 23.4 Å². The molecule has 2 aromatic rings. The van der Waals surface area contributed by atoms with E-state index in [2.05, 4.69) is 4.99 Å². The normalized spacial score (nSPS) is 16.5. The van der Waals surface area contributed by atoms with Crippen LogP contribution in [0.5, 0.6) is 11.5 Å². The van der Waals surface area contributed by atoms with E-state index in [1.807, 2.05) is 0 Å². The van der Waals surface area contributed by atoms with Crippen LogP contribution in [0.2, 0.25) is 5.02 Å². The zero-order valence-corrected chi connectivity index (χ0v) is 17.3. The maximum atomic E-state index is 12.4. The number of phenols is 1. The van der Waals surface area contributed by atoms with E-state index in [4.69, 9.17) is 21.1 Å².